The number of nitrogens with zero attached hydrogens (tertiary/aromatic N) is 3. The third-order valence-electron chi connectivity index (χ3n) is 5.77. The third kappa shape index (κ3) is 7.24. The van der Waals surface area contributed by atoms with Crippen LogP contribution in [0.1, 0.15) is 12.5 Å². The van der Waals surface area contributed by atoms with Crippen LogP contribution < -0.4 is 14.8 Å². The van der Waals surface area contributed by atoms with Crippen LogP contribution >= 0.6 is 0 Å². The number of ether oxygens (including phenoxy) is 3. The van der Waals surface area contributed by atoms with E-state index in [1.165, 1.54) is 0 Å². The molecule has 0 spiro atoms. The first-order valence-electron chi connectivity index (χ1n) is 11.1. The molecule has 174 valence electrons. The fourth-order valence-electron chi connectivity index (χ4n) is 3.84. The van der Waals surface area contributed by atoms with Crippen LogP contribution in [-0.4, -0.2) is 111 Å². The van der Waals surface area contributed by atoms with E-state index in [1.54, 1.807) is 12.0 Å². The molecule has 2 heterocycles. The molecule has 31 heavy (non-hydrogen) atoms. The normalized spacial score (nSPS) is 18.8. The van der Waals surface area contributed by atoms with Crippen LogP contribution in [0.3, 0.4) is 0 Å². The highest BCUT2D eigenvalue weighted by Crippen LogP contribution is 2.28. The van der Waals surface area contributed by atoms with Gasteiger partial charge in [-0.25, -0.2) is 4.79 Å². The number of carbonyl (C=O) groups is 1. The van der Waals surface area contributed by atoms with Gasteiger partial charge < -0.3 is 34.4 Å². The predicted octanol–water partition coefficient (Wildman–Crippen LogP) is 0.614. The lowest BCUT2D eigenvalue weighted by Crippen LogP contribution is -2.49. The third-order valence-corrected chi connectivity index (χ3v) is 5.77. The zero-order chi connectivity index (χ0) is 22.1. The number of amides is 1. The van der Waals surface area contributed by atoms with Crippen molar-refractivity contribution in [3.05, 3.63) is 23.8 Å². The highest BCUT2D eigenvalue weighted by molar-refractivity contribution is 5.69. The molecule has 2 aliphatic heterocycles. The van der Waals surface area contributed by atoms with Crippen molar-refractivity contribution in [2.75, 3.05) is 79.2 Å². The van der Waals surface area contributed by atoms with Crippen LogP contribution in [0.15, 0.2) is 18.2 Å². The number of methoxy groups -OCH3 is 1. The maximum atomic E-state index is 11.4. The first kappa shape index (κ1) is 23.6. The fourth-order valence-corrected chi connectivity index (χ4v) is 3.84. The molecule has 1 aromatic carbocycles. The lowest BCUT2D eigenvalue weighted by atomic mass is 10.2. The SMILES string of the molecule is CCN1CCN(C[C@@H](O)COc2ccc(CNCCN3CCOC3=O)cc2OC)CC1. The molecular formula is C22H36N4O5. The van der Waals surface area contributed by atoms with Crippen molar-refractivity contribution >= 4 is 6.09 Å². The number of aliphatic hydroxyl groups is 1. The van der Waals surface area contributed by atoms with E-state index in [1.807, 2.05) is 18.2 Å². The number of piperazine rings is 1. The second kappa shape index (κ2) is 12.1. The quantitative estimate of drug-likeness (QED) is 0.461. The van der Waals surface area contributed by atoms with Gasteiger partial charge in [-0.1, -0.05) is 13.0 Å². The minimum absolute atomic E-state index is 0.230. The second-order valence-electron chi connectivity index (χ2n) is 7.96. The molecule has 2 N–H and O–H groups in total. The largest absolute Gasteiger partial charge is 0.493 e. The molecule has 0 bridgehead atoms. The summed E-state index contributed by atoms with van der Waals surface area (Å²) < 4.78 is 16.2. The van der Waals surface area contributed by atoms with Crippen molar-refractivity contribution in [2.45, 2.75) is 19.6 Å². The molecule has 0 radical (unpaired) electrons. The van der Waals surface area contributed by atoms with Crippen LogP contribution in [0.5, 0.6) is 11.5 Å². The second-order valence-corrected chi connectivity index (χ2v) is 7.96. The molecule has 2 fully saturated rings. The summed E-state index contributed by atoms with van der Waals surface area (Å²) in [4.78, 5) is 17.8. The molecule has 9 heteroatoms. The lowest BCUT2D eigenvalue weighted by Gasteiger charge is -2.34. The van der Waals surface area contributed by atoms with E-state index in [-0.39, 0.29) is 12.7 Å². The van der Waals surface area contributed by atoms with Gasteiger partial charge >= 0.3 is 6.09 Å². The molecule has 1 amide bonds. The molecule has 2 saturated heterocycles. The molecule has 9 nitrogen and oxygen atoms in total. The van der Waals surface area contributed by atoms with Gasteiger partial charge in [0.25, 0.3) is 0 Å². The van der Waals surface area contributed by atoms with E-state index in [0.717, 1.165) is 38.3 Å². The number of hydrogen-bond acceptors (Lipinski definition) is 8. The molecule has 0 saturated carbocycles. The van der Waals surface area contributed by atoms with Gasteiger partial charge in [0.2, 0.25) is 0 Å². The Bertz CT molecular complexity index is 696. The summed E-state index contributed by atoms with van der Waals surface area (Å²) in [5.41, 5.74) is 1.06. The van der Waals surface area contributed by atoms with Gasteiger partial charge in [0.1, 0.15) is 19.3 Å². The zero-order valence-corrected chi connectivity index (χ0v) is 18.7. The molecule has 0 aliphatic carbocycles. The number of aliphatic hydroxyl groups excluding tert-OH is 1. The molecule has 0 unspecified atom stereocenters. The summed E-state index contributed by atoms with van der Waals surface area (Å²) in [5, 5.41) is 13.7. The van der Waals surface area contributed by atoms with Gasteiger partial charge in [0, 0.05) is 52.4 Å². The van der Waals surface area contributed by atoms with E-state index in [0.29, 0.717) is 50.8 Å². The number of hydrogen-bond donors (Lipinski definition) is 2. The van der Waals surface area contributed by atoms with Gasteiger partial charge in [-0.15, -0.1) is 0 Å². The van der Waals surface area contributed by atoms with Crippen molar-refractivity contribution in [1.29, 1.82) is 0 Å². The molecule has 2 aliphatic rings. The Morgan fingerprint density at radius 2 is 1.94 bits per heavy atom. The predicted molar refractivity (Wildman–Crippen MR) is 118 cm³/mol. The number of rotatable bonds is 12. The summed E-state index contributed by atoms with van der Waals surface area (Å²) in [7, 11) is 1.61. The van der Waals surface area contributed by atoms with Gasteiger partial charge in [-0.2, -0.15) is 0 Å². The summed E-state index contributed by atoms with van der Waals surface area (Å²) in [6.45, 7) is 11.3. The zero-order valence-electron chi connectivity index (χ0n) is 18.7. The fraction of sp³-hybridized carbons (Fsp3) is 0.682. The van der Waals surface area contributed by atoms with Crippen molar-refractivity contribution < 1.29 is 24.1 Å². The Balaban J connectivity index is 1.39. The number of cyclic esters (lactones) is 1. The van der Waals surface area contributed by atoms with E-state index in [4.69, 9.17) is 14.2 Å². The van der Waals surface area contributed by atoms with Crippen LogP contribution in [-0.2, 0) is 11.3 Å². The smallest absolute Gasteiger partial charge is 0.409 e. The van der Waals surface area contributed by atoms with Gasteiger partial charge in [0.15, 0.2) is 11.5 Å². The lowest BCUT2D eigenvalue weighted by molar-refractivity contribution is 0.0464. The number of β-amino-alcohol motifs (C(OH)–C–C–N with tert-alkyl or cyclic N) is 1. The Kier molecular flexibility index (Phi) is 9.20. The summed E-state index contributed by atoms with van der Waals surface area (Å²) in [5.74, 6) is 1.27. The van der Waals surface area contributed by atoms with E-state index in [2.05, 4.69) is 22.0 Å². The maximum absolute atomic E-state index is 11.4. The van der Waals surface area contributed by atoms with Crippen LogP contribution in [0.25, 0.3) is 0 Å². The highest BCUT2D eigenvalue weighted by atomic mass is 16.6. The Hall–Kier alpha value is -2.07. The maximum Gasteiger partial charge on any atom is 0.409 e. The standard InChI is InChI=1S/C22H36N4O5/c1-3-24-8-10-25(11-9-24)16-19(27)17-31-20-5-4-18(14-21(20)29-2)15-23-6-7-26-12-13-30-22(26)28/h4-5,14,19,23,27H,3,6-13,15-17H2,1-2H3/t19-/m1/s1. The molecule has 1 atom stereocenters. The van der Waals surface area contributed by atoms with Crippen LogP contribution in [0.4, 0.5) is 4.79 Å². The van der Waals surface area contributed by atoms with Gasteiger partial charge in [0.05, 0.1) is 13.7 Å². The average Bonchev–Trinajstić information content (AvgIpc) is 3.20. The minimum Gasteiger partial charge on any atom is -0.493 e. The van der Waals surface area contributed by atoms with E-state index >= 15 is 0 Å². The Morgan fingerprint density at radius 3 is 2.61 bits per heavy atom. The van der Waals surface area contributed by atoms with Gasteiger partial charge in [-0.3, -0.25) is 4.90 Å². The number of benzene rings is 1. The van der Waals surface area contributed by atoms with Gasteiger partial charge in [-0.05, 0) is 24.2 Å². The van der Waals surface area contributed by atoms with Crippen molar-refractivity contribution in [3.8, 4) is 11.5 Å². The Labute approximate surface area is 184 Å². The number of likely N-dealkylation sites (N-methyl/N-ethyl adjacent to an activating group) is 1. The molecule has 1 aromatic rings. The minimum atomic E-state index is -0.545. The van der Waals surface area contributed by atoms with Crippen molar-refractivity contribution in [3.63, 3.8) is 0 Å². The van der Waals surface area contributed by atoms with Crippen LogP contribution in [0.2, 0.25) is 0 Å². The number of nitrogens with one attached hydrogen (secondary N) is 1. The first-order valence-corrected chi connectivity index (χ1v) is 11.1. The van der Waals surface area contributed by atoms with Crippen molar-refractivity contribution in [1.82, 2.24) is 20.0 Å². The van der Waals surface area contributed by atoms with E-state index < -0.39 is 6.10 Å². The van der Waals surface area contributed by atoms with E-state index in [9.17, 15) is 9.90 Å². The molecule has 0 aromatic heterocycles. The summed E-state index contributed by atoms with van der Waals surface area (Å²) in [6, 6.07) is 5.79. The summed E-state index contributed by atoms with van der Waals surface area (Å²) in [6.07, 6.45) is -0.785. The molecule has 3 rings (SSSR count). The topological polar surface area (TPSA) is 86.7 Å². The Morgan fingerprint density at radius 1 is 1.16 bits per heavy atom. The summed E-state index contributed by atoms with van der Waals surface area (Å²) >= 11 is 0. The van der Waals surface area contributed by atoms with Crippen molar-refractivity contribution in [2.24, 2.45) is 0 Å². The van der Waals surface area contributed by atoms with Crippen LogP contribution in [0, 0.1) is 0 Å². The highest BCUT2D eigenvalue weighted by Gasteiger charge is 2.21. The molecular weight excluding hydrogens is 400 g/mol. The number of carbonyl (C=O) groups excluding carboxylic acids is 1. The average molecular weight is 437 g/mol. The monoisotopic (exact) mass is 436 g/mol. The first-order chi connectivity index (χ1) is 15.1.